The zero-order chi connectivity index (χ0) is 21.6. The van der Waals surface area contributed by atoms with Crippen LogP contribution in [0.15, 0.2) is 42.6 Å². The third-order valence-electron chi connectivity index (χ3n) is 4.39. The van der Waals surface area contributed by atoms with E-state index in [-0.39, 0.29) is 35.6 Å². The summed E-state index contributed by atoms with van der Waals surface area (Å²) in [5, 5.41) is 11.8. The van der Waals surface area contributed by atoms with E-state index in [1.807, 2.05) is 13.8 Å². The molecular formula is C21H24F2N2O4. The quantitative estimate of drug-likeness (QED) is 0.654. The van der Waals surface area contributed by atoms with Gasteiger partial charge in [0.05, 0.1) is 23.9 Å². The highest BCUT2D eigenvalue weighted by Crippen LogP contribution is 2.19. The molecule has 1 amide bonds. The van der Waals surface area contributed by atoms with Crippen LogP contribution in [0.25, 0.3) is 0 Å². The van der Waals surface area contributed by atoms with Gasteiger partial charge in [0.25, 0.3) is 6.43 Å². The van der Waals surface area contributed by atoms with E-state index in [0.717, 1.165) is 11.8 Å². The number of ether oxygens (including phenoxy) is 1. The van der Waals surface area contributed by atoms with E-state index >= 15 is 0 Å². The number of nitrogens with zero attached hydrogens (tertiary/aromatic N) is 1. The topological polar surface area (TPSA) is 88.5 Å². The molecule has 0 aliphatic heterocycles. The van der Waals surface area contributed by atoms with E-state index in [4.69, 9.17) is 9.84 Å². The number of aromatic carboxylic acids is 1. The molecule has 0 aliphatic carbocycles. The maximum absolute atomic E-state index is 12.7. The molecule has 1 aromatic carbocycles. The van der Waals surface area contributed by atoms with Crippen LogP contribution < -0.4 is 5.32 Å². The number of rotatable bonds is 9. The molecule has 2 atom stereocenters. The Labute approximate surface area is 167 Å². The van der Waals surface area contributed by atoms with Crippen LogP contribution in [0.5, 0.6) is 0 Å². The second-order valence-electron chi connectivity index (χ2n) is 7.02. The Balaban J connectivity index is 1.98. The van der Waals surface area contributed by atoms with Gasteiger partial charge >= 0.3 is 5.97 Å². The average molecular weight is 406 g/mol. The summed E-state index contributed by atoms with van der Waals surface area (Å²) in [6.07, 6.45) is -2.25. The van der Waals surface area contributed by atoms with Crippen molar-refractivity contribution in [2.24, 2.45) is 5.92 Å². The van der Waals surface area contributed by atoms with Gasteiger partial charge in [-0.1, -0.05) is 26.0 Å². The van der Waals surface area contributed by atoms with E-state index in [2.05, 4.69) is 10.3 Å². The van der Waals surface area contributed by atoms with Crippen molar-refractivity contribution < 1.29 is 28.2 Å². The van der Waals surface area contributed by atoms with Gasteiger partial charge < -0.3 is 15.2 Å². The van der Waals surface area contributed by atoms with Gasteiger partial charge in [-0.2, -0.15) is 0 Å². The third kappa shape index (κ3) is 6.32. The zero-order valence-corrected chi connectivity index (χ0v) is 16.4. The number of nitrogens with one attached hydrogen (secondary N) is 1. The molecule has 8 heteroatoms. The molecule has 2 unspecified atom stereocenters. The molecule has 29 heavy (non-hydrogen) atoms. The van der Waals surface area contributed by atoms with Crippen molar-refractivity contribution in [2.45, 2.75) is 45.9 Å². The zero-order valence-electron chi connectivity index (χ0n) is 16.4. The number of hydrogen-bond donors (Lipinski definition) is 2. The first-order valence-corrected chi connectivity index (χ1v) is 9.17. The van der Waals surface area contributed by atoms with E-state index in [0.29, 0.717) is 5.69 Å². The number of hydrogen-bond acceptors (Lipinski definition) is 4. The summed E-state index contributed by atoms with van der Waals surface area (Å²) in [7, 11) is 0. The Morgan fingerprint density at radius 2 is 1.69 bits per heavy atom. The van der Waals surface area contributed by atoms with Crippen LogP contribution in [0.1, 0.15) is 60.4 Å². The summed E-state index contributed by atoms with van der Waals surface area (Å²) < 4.78 is 30.9. The molecule has 2 aromatic rings. The van der Waals surface area contributed by atoms with Crippen molar-refractivity contribution >= 4 is 11.9 Å². The summed E-state index contributed by atoms with van der Waals surface area (Å²) in [5.74, 6) is -1.47. The second kappa shape index (κ2) is 10.1. The lowest BCUT2D eigenvalue weighted by molar-refractivity contribution is -0.137. The van der Waals surface area contributed by atoms with Gasteiger partial charge in [0.1, 0.15) is 6.10 Å². The van der Waals surface area contributed by atoms with Crippen molar-refractivity contribution in [3.63, 3.8) is 0 Å². The predicted molar refractivity (Wildman–Crippen MR) is 103 cm³/mol. The van der Waals surface area contributed by atoms with Gasteiger partial charge in [0.2, 0.25) is 5.91 Å². The van der Waals surface area contributed by atoms with Gasteiger partial charge in [0, 0.05) is 11.8 Å². The number of carbonyl (C=O) groups excluding carboxylic acids is 1. The van der Waals surface area contributed by atoms with Crippen molar-refractivity contribution in [1.29, 1.82) is 0 Å². The number of carboxylic acid groups (broad SMARTS) is 1. The summed E-state index contributed by atoms with van der Waals surface area (Å²) >= 11 is 0. The predicted octanol–water partition coefficient (Wildman–Crippen LogP) is 4.14. The van der Waals surface area contributed by atoms with Gasteiger partial charge in [-0.15, -0.1) is 0 Å². The number of amides is 1. The molecule has 1 aromatic heterocycles. The molecule has 0 aliphatic rings. The highest BCUT2D eigenvalue weighted by Gasteiger charge is 2.25. The fourth-order valence-electron chi connectivity index (χ4n) is 2.69. The molecule has 1 heterocycles. The number of halogens is 2. The molecule has 0 radical (unpaired) electrons. The van der Waals surface area contributed by atoms with E-state index < -0.39 is 18.5 Å². The maximum Gasteiger partial charge on any atom is 0.335 e. The molecule has 0 saturated carbocycles. The SMILES string of the molecule is CC(NC(=O)C(OCc1ccc(C(F)F)cn1)C(C)C)c1ccc(C(=O)O)cc1. The van der Waals surface area contributed by atoms with Crippen molar-refractivity contribution in [3.8, 4) is 0 Å². The smallest absolute Gasteiger partial charge is 0.335 e. The van der Waals surface area contributed by atoms with Gasteiger partial charge in [-0.25, -0.2) is 13.6 Å². The standard InChI is InChI=1S/C21H24F2N2O4/c1-12(2)18(29-11-17-9-8-16(10-24-17)19(22)23)20(26)25-13(3)14-4-6-15(7-5-14)21(27)28/h4-10,12-13,18-19H,11H2,1-3H3,(H,25,26)(H,27,28). The minimum Gasteiger partial charge on any atom is -0.478 e. The summed E-state index contributed by atoms with van der Waals surface area (Å²) in [6, 6.07) is 8.63. The highest BCUT2D eigenvalue weighted by molar-refractivity contribution is 5.87. The van der Waals surface area contributed by atoms with Crippen LogP contribution >= 0.6 is 0 Å². The molecule has 2 N–H and O–H groups in total. The first-order chi connectivity index (χ1) is 13.7. The first-order valence-electron chi connectivity index (χ1n) is 9.17. The van der Waals surface area contributed by atoms with Gasteiger partial charge in [0.15, 0.2) is 0 Å². The minimum absolute atomic E-state index is 0.0154. The van der Waals surface area contributed by atoms with Crippen molar-refractivity contribution in [3.05, 3.63) is 65.0 Å². The number of alkyl halides is 2. The maximum atomic E-state index is 12.7. The summed E-state index contributed by atoms with van der Waals surface area (Å²) in [5.41, 5.74) is 1.20. The number of benzene rings is 1. The van der Waals surface area contributed by atoms with Gasteiger partial charge in [-0.3, -0.25) is 9.78 Å². The molecule has 0 bridgehead atoms. The molecule has 6 nitrogen and oxygen atoms in total. The number of carbonyl (C=O) groups is 2. The van der Waals surface area contributed by atoms with Gasteiger partial charge in [-0.05, 0) is 42.7 Å². The van der Waals surface area contributed by atoms with Crippen LogP contribution in [-0.2, 0) is 16.1 Å². The first kappa shape index (κ1) is 22.4. The van der Waals surface area contributed by atoms with Crippen LogP contribution in [0.2, 0.25) is 0 Å². The Hall–Kier alpha value is -2.87. The molecule has 0 saturated heterocycles. The Morgan fingerprint density at radius 1 is 1.07 bits per heavy atom. The minimum atomic E-state index is -2.59. The molecule has 156 valence electrons. The van der Waals surface area contributed by atoms with Crippen LogP contribution in [0.4, 0.5) is 8.78 Å². The number of carboxylic acids is 1. The summed E-state index contributed by atoms with van der Waals surface area (Å²) in [6.45, 7) is 5.48. The molecule has 2 rings (SSSR count). The number of pyridine rings is 1. The second-order valence-corrected chi connectivity index (χ2v) is 7.02. The average Bonchev–Trinajstić information content (AvgIpc) is 2.68. The fourth-order valence-corrected chi connectivity index (χ4v) is 2.69. The lowest BCUT2D eigenvalue weighted by Crippen LogP contribution is -2.40. The van der Waals surface area contributed by atoms with Crippen molar-refractivity contribution in [1.82, 2.24) is 10.3 Å². The summed E-state index contributed by atoms with van der Waals surface area (Å²) in [4.78, 5) is 27.5. The lowest BCUT2D eigenvalue weighted by Gasteiger charge is -2.23. The Kier molecular flexibility index (Phi) is 7.78. The van der Waals surface area contributed by atoms with Crippen LogP contribution in [0.3, 0.4) is 0 Å². The van der Waals surface area contributed by atoms with Crippen LogP contribution in [0, 0.1) is 5.92 Å². The number of aromatic nitrogens is 1. The van der Waals surface area contributed by atoms with E-state index in [9.17, 15) is 18.4 Å². The molecule has 0 fully saturated rings. The fraction of sp³-hybridized carbons (Fsp3) is 0.381. The molecular weight excluding hydrogens is 382 g/mol. The normalized spacial score (nSPS) is 13.3. The van der Waals surface area contributed by atoms with E-state index in [1.54, 1.807) is 19.1 Å². The largest absolute Gasteiger partial charge is 0.478 e. The Bertz CT molecular complexity index is 824. The monoisotopic (exact) mass is 406 g/mol. The highest BCUT2D eigenvalue weighted by atomic mass is 19.3. The third-order valence-corrected chi connectivity index (χ3v) is 4.39. The van der Waals surface area contributed by atoms with E-state index in [1.165, 1.54) is 24.3 Å². The lowest BCUT2D eigenvalue weighted by atomic mass is 10.0. The molecule has 0 spiro atoms. The van der Waals surface area contributed by atoms with Crippen molar-refractivity contribution in [2.75, 3.05) is 0 Å². The van der Waals surface area contributed by atoms with Crippen LogP contribution in [-0.4, -0.2) is 28.1 Å². The Morgan fingerprint density at radius 3 is 2.17 bits per heavy atom.